The van der Waals surface area contributed by atoms with Crippen molar-refractivity contribution in [1.29, 1.82) is 5.26 Å². The Morgan fingerprint density at radius 1 is 1.61 bits per heavy atom. The van der Waals surface area contributed by atoms with E-state index in [4.69, 9.17) is 5.26 Å². The molecule has 1 atom stereocenters. The second kappa shape index (κ2) is 6.41. The van der Waals surface area contributed by atoms with Crippen LogP contribution in [-0.2, 0) is 9.53 Å². The molecule has 0 saturated heterocycles. The van der Waals surface area contributed by atoms with Gasteiger partial charge in [-0.25, -0.2) is 4.98 Å². The number of carbonyl (C=O) groups is 1. The largest absolute Gasteiger partial charge is 0.469 e. The fraction of sp³-hybridized carbons (Fsp3) is 0.462. The number of methoxy groups -OCH3 is 1. The minimum absolute atomic E-state index is 0.214. The predicted molar refractivity (Wildman–Crippen MR) is 70.3 cm³/mol. The maximum atomic E-state index is 11.3. The highest BCUT2D eigenvalue weighted by Crippen LogP contribution is 2.25. The molecule has 1 rings (SSSR count). The van der Waals surface area contributed by atoms with Crippen molar-refractivity contribution in [1.82, 2.24) is 4.98 Å². The van der Waals surface area contributed by atoms with Gasteiger partial charge in [0.2, 0.25) is 0 Å². The van der Waals surface area contributed by atoms with Crippen LogP contribution in [0.4, 0.5) is 0 Å². The van der Waals surface area contributed by atoms with E-state index in [-0.39, 0.29) is 11.9 Å². The average Bonchev–Trinajstić information content (AvgIpc) is 2.34. The fourth-order valence-corrected chi connectivity index (χ4v) is 2.62. The number of rotatable bonds is 4. The van der Waals surface area contributed by atoms with Gasteiger partial charge in [0.05, 0.1) is 18.6 Å². The summed E-state index contributed by atoms with van der Waals surface area (Å²) in [5, 5.41) is 9.80. The lowest BCUT2D eigenvalue weighted by atomic mass is 10.1. The Morgan fingerprint density at radius 2 is 2.28 bits per heavy atom. The van der Waals surface area contributed by atoms with Crippen LogP contribution in [0.2, 0.25) is 0 Å². The number of nitrogens with zero attached hydrogens (tertiary/aromatic N) is 2. The summed E-state index contributed by atoms with van der Waals surface area (Å²) in [6.07, 6.45) is 0. The number of aromatic nitrogens is 1. The summed E-state index contributed by atoms with van der Waals surface area (Å²) in [5.74, 6) is 0.0941. The molecule has 0 saturated carbocycles. The number of pyridine rings is 1. The van der Waals surface area contributed by atoms with Gasteiger partial charge >= 0.3 is 5.97 Å². The Kier molecular flexibility index (Phi) is 5.17. The highest BCUT2D eigenvalue weighted by molar-refractivity contribution is 7.99. The third-order valence-electron chi connectivity index (χ3n) is 2.50. The molecule has 0 fully saturated rings. The van der Waals surface area contributed by atoms with Crippen molar-refractivity contribution in [3.63, 3.8) is 0 Å². The smallest absolute Gasteiger partial charge is 0.309 e. The Labute approximate surface area is 111 Å². The summed E-state index contributed by atoms with van der Waals surface area (Å²) < 4.78 is 4.67. The van der Waals surface area contributed by atoms with Crippen molar-refractivity contribution in [3.05, 3.63) is 22.9 Å². The molecule has 0 aliphatic carbocycles. The van der Waals surface area contributed by atoms with Crippen molar-refractivity contribution >= 4 is 17.7 Å². The topological polar surface area (TPSA) is 63.0 Å². The molecule has 4 nitrogen and oxygen atoms in total. The average molecular weight is 264 g/mol. The third-order valence-corrected chi connectivity index (χ3v) is 3.73. The first-order chi connectivity index (χ1) is 8.49. The number of carbonyl (C=O) groups excluding carboxylic acids is 1. The van der Waals surface area contributed by atoms with Crippen molar-refractivity contribution in [2.45, 2.75) is 25.8 Å². The van der Waals surface area contributed by atoms with Crippen LogP contribution in [0.1, 0.15) is 23.7 Å². The Balaban J connectivity index is 2.85. The van der Waals surface area contributed by atoms with Crippen molar-refractivity contribution in [2.75, 3.05) is 12.9 Å². The number of esters is 1. The molecule has 0 aliphatic rings. The lowest BCUT2D eigenvalue weighted by molar-refractivity contribution is -0.143. The van der Waals surface area contributed by atoms with Gasteiger partial charge in [0.1, 0.15) is 11.1 Å². The van der Waals surface area contributed by atoms with E-state index < -0.39 is 0 Å². The molecule has 0 radical (unpaired) electrons. The van der Waals surface area contributed by atoms with E-state index >= 15 is 0 Å². The molecular formula is C13H16N2O2S. The van der Waals surface area contributed by atoms with E-state index in [0.717, 1.165) is 11.3 Å². The monoisotopic (exact) mass is 264 g/mol. The van der Waals surface area contributed by atoms with Crippen molar-refractivity contribution in [2.24, 2.45) is 5.92 Å². The molecule has 0 aliphatic heterocycles. The Bertz CT molecular complexity index is 494. The maximum absolute atomic E-state index is 11.3. The van der Waals surface area contributed by atoms with Gasteiger partial charge in [0, 0.05) is 11.4 Å². The van der Waals surface area contributed by atoms with Crippen LogP contribution >= 0.6 is 11.8 Å². The molecule has 96 valence electrons. The first-order valence-corrected chi connectivity index (χ1v) is 6.57. The van der Waals surface area contributed by atoms with Crippen molar-refractivity contribution < 1.29 is 9.53 Å². The van der Waals surface area contributed by atoms with E-state index in [9.17, 15) is 4.79 Å². The Hall–Kier alpha value is -1.54. The van der Waals surface area contributed by atoms with Crippen molar-refractivity contribution in [3.8, 4) is 6.07 Å². The van der Waals surface area contributed by atoms with Crippen LogP contribution in [0.15, 0.2) is 11.1 Å². The number of nitriles is 1. The van der Waals surface area contributed by atoms with Gasteiger partial charge < -0.3 is 4.74 Å². The summed E-state index contributed by atoms with van der Waals surface area (Å²) in [6.45, 7) is 5.58. The zero-order valence-electron chi connectivity index (χ0n) is 11.0. The molecule has 1 unspecified atom stereocenters. The number of aryl methyl sites for hydroxylation is 2. The summed E-state index contributed by atoms with van der Waals surface area (Å²) in [6, 6.07) is 4.04. The normalized spacial score (nSPS) is 11.7. The van der Waals surface area contributed by atoms with Gasteiger partial charge in [-0.05, 0) is 25.5 Å². The number of hydrogen-bond donors (Lipinski definition) is 0. The van der Waals surface area contributed by atoms with Crippen LogP contribution in [-0.4, -0.2) is 23.8 Å². The quantitative estimate of drug-likeness (QED) is 0.617. The van der Waals surface area contributed by atoms with Gasteiger partial charge in [-0.3, -0.25) is 4.79 Å². The lowest BCUT2D eigenvalue weighted by Crippen LogP contribution is -2.15. The molecule has 0 spiro atoms. The summed E-state index contributed by atoms with van der Waals surface area (Å²) >= 11 is 1.42. The van der Waals surface area contributed by atoms with E-state index in [1.807, 2.05) is 19.9 Å². The lowest BCUT2D eigenvalue weighted by Gasteiger charge is -2.10. The van der Waals surface area contributed by atoms with Crippen LogP contribution in [0, 0.1) is 31.1 Å². The second-order valence-electron chi connectivity index (χ2n) is 4.11. The minimum Gasteiger partial charge on any atom is -0.469 e. The first kappa shape index (κ1) is 14.5. The highest BCUT2D eigenvalue weighted by Gasteiger charge is 2.16. The zero-order valence-corrected chi connectivity index (χ0v) is 11.8. The fourth-order valence-electron chi connectivity index (χ4n) is 1.52. The molecule has 0 bridgehead atoms. The summed E-state index contributed by atoms with van der Waals surface area (Å²) in [4.78, 5) is 15.7. The molecular weight excluding hydrogens is 248 g/mol. The van der Waals surface area contributed by atoms with Gasteiger partial charge in [0.15, 0.2) is 0 Å². The number of ether oxygens (including phenoxy) is 1. The number of hydrogen-bond acceptors (Lipinski definition) is 5. The Morgan fingerprint density at radius 3 is 2.83 bits per heavy atom. The third kappa shape index (κ3) is 3.47. The highest BCUT2D eigenvalue weighted by atomic mass is 32.2. The molecule has 0 amide bonds. The van der Waals surface area contributed by atoms with E-state index in [2.05, 4.69) is 15.8 Å². The van der Waals surface area contributed by atoms with Gasteiger partial charge in [-0.2, -0.15) is 5.26 Å². The standard InChI is InChI=1S/C13H16N2O2S/c1-8-5-10(3)15-12(11(8)6-14)18-7-9(2)13(16)17-4/h5,9H,7H2,1-4H3. The van der Waals surface area contributed by atoms with Gasteiger partial charge in [-0.1, -0.05) is 6.92 Å². The van der Waals surface area contributed by atoms with E-state index in [1.54, 1.807) is 6.92 Å². The summed E-state index contributed by atoms with van der Waals surface area (Å²) in [5.41, 5.74) is 2.38. The van der Waals surface area contributed by atoms with E-state index in [1.165, 1.54) is 18.9 Å². The molecule has 1 aromatic rings. The van der Waals surface area contributed by atoms with Gasteiger partial charge in [-0.15, -0.1) is 11.8 Å². The van der Waals surface area contributed by atoms with Crippen LogP contribution < -0.4 is 0 Å². The molecule has 0 aromatic carbocycles. The second-order valence-corrected chi connectivity index (χ2v) is 5.12. The molecule has 1 aromatic heterocycles. The van der Waals surface area contributed by atoms with Gasteiger partial charge in [0.25, 0.3) is 0 Å². The molecule has 18 heavy (non-hydrogen) atoms. The molecule has 1 heterocycles. The maximum Gasteiger partial charge on any atom is 0.309 e. The minimum atomic E-state index is -0.245. The predicted octanol–water partition coefficient (Wildman–Crippen LogP) is 2.47. The molecule has 0 N–H and O–H groups in total. The van der Waals surface area contributed by atoms with E-state index in [0.29, 0.717) is 16.3 Å². The van der Waals surface area contributed by atoms with Crippen LogP contribution in [0.3, 0.4) is 0 Å². The van der Waals surface area contributed by atoms with Crippen LogP contribution in [0.5, 0.6) is 0 Å². The summed E-state index contributed by atoms with van der Waals surface area (Å²) in [7, 11) is 1.37. The number of thioether (sulfide) groups is 1. The van der Waals surface area contributed by atoms with Crippen LogP contribution in [0.25, 0.3) is 0 Å². The zero-order chi connectivity index (χ0) is 13.7. The SMILES string of the molecule is COC(=O)C(C)CSc1nc(C)cc(C)c1C#N. The molecule has 5 heteroatoms. The first-order valence-electron chi connectivity index (χ1n) is 5.58.